The highest BCUT2D eigenvalue weighted by molar-refractivity contribution is 7.92. The number of piperidine rings is 1. The van der Waals surface area contributed by atoms with E-state index in [0.29, 0.717) is 47.0 Å². The van der Waals surface area contributed by atoms with Crippen molar-refractivity contribution >= 4 is 51.6 Å². The Morgan fingerprint density at radius 2 is 1.91 bits per heavy atom. The third-order valence-corrected chi connectivity index (χ3v) is 8.26. The first-order chi connectivity index (χ1) is 15.2. The van der Waals surface area contributed by atoms with Gasteiger partial charge in [-0.25, -0.2) is 13.2 Å². The topological polar surface area (TPSA) is 66.9 Å². The van der Waals surface area contributed by atoms with E-state index in [-0.39, 0.29) is 18.7 Å². The Morgan fingerprint density at radius 3 is 2.62 bits per heavy atom. The molecule has 6 nitrogen and oxygen atoms in total. The fraction of sp³-hybridized carbons (Fsp3) is 0.348. The summed E-state index contributed by atoms with van der Waals surface area (Å²) in [6.07, 6.45) is 0.688. The van der Waals surface area contributed by atoms with Crippen LogP contribution in [0.4, 0.5) is 10.5 Å². The van der Waals surface area contributed by atoms with Gasteiger partial charge in [0.25, 0.3) is 0 Å². The largest absolute Gasteiger partial charge is 0.444 e. The van der Waals surface area contributed by atoms with Gasteiger partial charge in [0.1, 0.15) is 6.61 Å². The van der Waals surface area contributed by atoms with Crippen molar-refractivity contribution in [2.24, 2.45) is 0 Å². The van der Waals surface area contributed by atoms with Crippen molar-refractivity contribution in [3.8, 4) is 0 Å². The van der Waals surface area contributed by atoms with Gasteiger partial charge in [0.2, 0.25) is 10.0 Å². The van der Waals surface area contributed by atoms with Crippen LogP contribution >= 0.6 is 24.2 Å². The van der Waals surface area contributed by atoms with Crippen LogP contribution in [0.1, 0.15) is 36.5 Å². The summed E-state index contributed by atoms with van der Waals surface area (Å²) in [6, 6.07) is 11.0. The molecule has 0 unspecified atom stereocenters. The minimum absolute atomic E-state index is 0.113. The Hall–Kier alpha value is -2.00. The zero-order valence-electron chi connectivity index (χ0n) is 17.9. The number of hydrogen-bond donors (Lipinski definition) is 1. The second-order valence-electron chi connectivity index (χ2n) is 8.19. The Kier molecular flexibility index (Phi) is 6.58. The van der Waals surface area contributed by atoms with Crippen LogP contribution in [0, 0.1) is 6.92 Å². The van der Waals surface area contributed by atoms with Crippen molar-refractivity contribution in [1.29, 1.82) is 0 Å². The van der Waals surface area contributed by atoms with Gasteiger partial charge in [0, 0.05) is 40.0 Å². The first kappa shape index (κ1) is 23.2. The fourth-order valence-corrected chi connectivity index (χ4v) is 6.19. The number of benzene rings is 2. The summed E-state index contributed by atoms with van der Waals surface area (Å²) in [5, 5.41) is 1.79. The Balaban J connectivity index is 1.50. The van der Waals surface area contributed by atoms with E-state index in [1.807, 2.05) is 25.1 Å². The molecular formula is C23H25ClN2O4S2. The van der Waals surface area contributed by atoms with Gasteiger partial charge in [-0.1, -0.05) is 29.3 Å². The SMILES string of the molecule is C/C(=C\S(=O)(=O)N1CCC(N2C(=O)OCc3cc(C)ccc32)CC1)c1cc(Cl)ccc1S. The van der Waals surface area contributed by atoms with Crippen LogP contribution in [0.2, 0.25) is 5.02 Å². The van der Waals surface area contributed by atoms with E-state index < -0.39 is 10.0 Å². The smallest absolute Gasteiger partial charge is 0.414 e. The summed E-state index contributed by atoms with van der Waals surface area (Å²) in [5.41, 5.74) is 4.19. The van der Waals surface area contributed by atoms with Crippen molar-refractivity contribution in [2.45, 2.75) is 44.2 Å². The number of thiol groups is 1. The number of sulfonamides is 1. The van der Waals surface area contributed by atoms with Crippen LogP contribution in [0.15, 0.2) is 46.7 Å². The standard InChI is InChI=1S/C23H25ClN2O4S2/c1-15-3-5-21-17(11-15)13-30-23(27)26(21)19-7-9-25(10-8-19)32(28,29)14-16(2)20-12-18(24)4-6-22(20)31/h3-6,11-12,14,19,31H,7-10,13H2,1-2H3/b16-14+. The molecule has 0 radical (unpaired) electrons. The van der Waals surface area contributed by atoms with Gasteiger partial charge in [-0.3, -0.25) is 4.90 Å². The van der Waals surface area contributed by atoms with Crippen LogP contribution in [0.5, 0.6) is 0 Å². The number of ether oxygens (including phenoxy) is 1. The number of carbonyl (C=O) groups is 1. The van der Waals surface area contributed by atoms with E-state index in [2.05, 4.69) is 12.6 Å². The monoisotopic (exact) mass is 492 g/mol. The van der Waals surface area contributed by atoms with Crippen molar-refractivity contribution in [3.63, 3.8) is 0 Å². The summed E-state index contributed by atoms with van der Waals surface area (Å²) in [4.78, 5) is 14.9. The first-order valence-corrected chi connectivity index (χ1v) is 12.7. The maximum atomic E-state index is 13.0. The molecule has 170 valence electrons. The number of aryl methyl sites for hydroxylation is 1. The quantitative estimate of drug-likeness (QED) is 0.592. The molecule has 32 heavy (non-hydrogen) atoms. The summed E-state index contributed by atoms with van der Waals surface area (Å²) >= 11 is 10.5. The van der Waals surface area contributed by atoms with Crippen LogP contribution in [-0.2, 0) is 21.4 Å². The minimum atomic E-state index is -3.63. The first-order valence-electron chi connectivity index (χ1n) is 10.4. The van der Waals surface area contributed by atoms with Crippen LogP contribution in [-0.4, -0.2) is 37.9 Å². The van der Waals surface area contributed by atoms with Crippen LogP contribution in [0.3, 0.4) is 0 Å². The van der Waals surface area contributed by atoms with Crippen molar-refractivity contribution < 1.29 is 17.9 Å². The summed E-state index contributed by atoms with van der Waals surface area (Å²) in [6.45, 7) is 4.65. The van der Waals surface area contributed by atoms with E-state index in [0.717, 1.165) is 16.8 Å². The molecule has 0 bridgehead atoms. The van der Waals surface area contributed by atoms with Crippen LogP contribution < -0.4 is 4.90 Å². The van der Waals surface area contributed by atoms with E-state index in [4.69, 9.17) is 16.3 Å². The van der Waals surface area contributed by atoms with Gasteiger partial charge in [0.15, 0.2) is 0 Å². The molecule has 0 spiro atoms. The van der Waals surface area contributed by atoms with Gasteiger partial charge in [-0.15, -0.1) is 12.6 Å². The number of allylic oxidation sites excluding steroid dienone is 1. The van der Waals surface area contributed by atoms with Gasteiger partial charge in [-0.2, -0.15) is 4.31 Å². The molecule has 0 aliphatic carbocycles. The van der Waals surface area contributed by atoms with E-state index in [1.54, 1.807) is 30.0 Å². The number of cyclic esters (lactones) is 1. The Labute approximate surface area is 199 Å². The highest BCUT2D eigenvalue weighted by Crippen LogP contribution is 2.33. The van der Waals surface area contributed by atoms with E-state index >= 15 is 0 Å². The van der Waals surface area contributed by atoms with E-state index in [1.165, 1.54) is 9.71 Å². The molecule has 9 heteroatoms. The van der Waals surface area contributed by atoms with Crippen molar-refractivity contribution in [1.82, 2.24) is 4.31 Å². The zero-order valence-corrected chi connectivity index (χ0v) is 20.4. The Bertz CT molecular complexity index is 1190. The molecule has 0 N–H and O–H groups in total. The number of carbonyl (C=O) groups excluding carboxylic acids is 1. The van der Waals surface area contributed by atoms with E-state index in [9.17, 15) is 13.2 Å². The number of fused-ring (bicyclic) bond motifs is 1. The molecular weight excluding hydrogens is 468 g/mol. The normalized spacial score (nSPS) is 18.4. The van der Waals surface area contributed by atoms with Gasteiger partial charge < -0.3 is 4.74 Å². The molecule has 2 aliphatic heterocycles. The summed E-state index contributed by atoms with van der Waals surface area (Å²) in [7, 11) is -3.63. The molecule has 1 amide bonds. The number of anilines is 1. The number of hydrogen-bond acceptors (Lipinski definition) is 5. The number of halogens is 1. The highest BCUT2D eigenvalue weighted by Gasteiger charge is 2.36. The molecule has 2 aliphatic rings. The summed E-state index contributed by atoms with van der Waals surface area (Å²) < 4.78 is 32.9. The third kappa shape index (κ3) is 4.69. The van der Waals surface area contributed by atoms with Gasteiger partial charge in [-0.05, 0) is 62.1 Å². The predicted octanol–water partition coefficient (Wildman–Crippen LogP) is 5.25. The second kappa shape index (κ2) is 9.09. The average Bonchev–Trinajstić information content (AvgIpc) is 2.75. The lowest BCUT2D eigenvalue weighted by atomic mass is 10.0. The number of rotatable bonds is 4. The van der Waals surface area contributed by atoms with Crippen LogP contribution in [0.25, 0.3) is 5.57 Å². The molecule has 1 fully saturated rings. The predicted molar refractivity (Wildman–Crippen MR) is 130 cm³/mol. The minimum Gasteiger partial charge on any atom is -0.444 e. The third-order valence-electron chi connectivity index (χ3n) is 5.90. The molecule has 4 rings (SSSR count). The maximum Gasteiger partial charge on any atom is 0.414 e. The molecule has 2 heterocycles. The van der Waals surface area contributed by atoms with Crippen molar-refractivity contribution in [2.75, 3.05) is 18.0 Å². The molecule has 0 aromatic heterocycles. The molecule has 2 aromatic carbocycles. The lowest BCUT2D eigenvalue weighted by Crippen LogP contribution is -2.50. The number of amides is 1. The second-order valence-corrected chi connectivity index (χ2v) is 10.9. The Morgan fingerprint density at radius 1 is 1.19 bits per heavy atom. The molecule has 1 saturated heterocycles. The van der Waals surface area contributed by atoms with Gasteiger partial charge in [0.05, 0.1) is 5.69 Å². The number of nitrogens with zero attached hydrogens (tertiary/aromatic N) is 2. The highest BCUT2D eigenvalue weighted by atomic mass is 35.5. The van der Waals surface area contributed by atoms with Crippen molar-refractivity contribution in [3.05, 3.63) is 63.5 Å². The lowest BCUT2D eigenvalue weighted by Gasteiger charge is -2.39. The average molecular weight is 493 g/mol. The molecule has 0 saturated carbocycles. The molecule has 0 atom stereocenters. The van der Waals surface area contributed by atoms with Gasteiger partial charge >= 0.3 is 6.09 Å². The molecule has 2 aromatic rings. The maximum absolute atomic E-state index is 13.0. The fourth-order valence-electron chi connectivity index (χ4n) is 4.26. The zero-order chi connectivity index (χ0) is 23.0. The lowest BCUT2D eigenvalue weighted by molar-refractivity contribution is 0.136. The summed E-state index contributed by atoms with van der Waals surface area (Å²) in [5.74, 6) is 0.